The quantitative estimate of drug-likeness (QED) is 0.329. The van der Waals surface area contributed by atoms with Crippen molar-refractivity contribution in [2.24, 2.45) is 0 Å². The Morgan fingerprint density at radius 2 is 1.94 bits per heavy atom. The van der Waals surface area contributed by atoms with Crippen molar-refractivity contribution < 1.29 is 22.7 Å². The average molecular weight is 484 g/mol. The van der Waals surface area contributed by atoms with Gasteiger partial charge in [0.25, 0.3) is 0 Å². The number of anilines is 3. The van der Waals surface area contributed by atoms with Crippen molar-refractivity contribution >= 4 is 34.3 Å². The van der Waals surface area contributed by atoms with Gasteiger partial charge in [-0.3, -0.25) is 5.32 Å². The lowest BCUT2D eigenvalue weighted by atomic mass is 10.1. The Hall–Kier alpha value is -4.12. The second-order valence-corrected chi connectivity index (χ2v) is 8.06. The zero-order valence-corrected chi connectivity index (χ0v) is 19.2. The lowest BCUT2D eigenvalue weighted by Crippen LogP contribution is -2.12. The van der Waals surface area contributed by atoms with E-state index in [0.29, 0.717) is 28.8 Å². The monoisotopic (exact) mass is 484 g/mol. The van der Waals surface area contributed by atoms with Crippen LogP contribution in [0.1, 0.15) is 11.1 Å². The van der Waals surface area contributed by atoms with Crippen molar-refractivity contribution in [1.29, 1.82) is 0 Å². The van der Waals surface area contributed by atoms with E-state index < -0.39 is 17.8 Å². The van der Waals surface area contributed by atoms with E-state index in [0.717, 1.165) is 11.8 Å². The fraction of sp³-hybridized carbons (Fsp3) is 0.208. The molecule has 11 heteroatoms. The van der Waals surface area contributed by atoms with Gasteiger partial charge in [0.1, 0.15) is 5.56 Å². The van der Waals surface area contributed by atoms with E-state index in [1.165, 1.54) is 13.3 Å². The summed E-state index contributed by atoms with van der Waals surface area (Å²) in [5, 5.41) is 5.99. The van der Waals surface area contributed by atoms with Crippen LogP contribution in [0.25, 0.3) is 22.2 Å². The van der Waals surface area contributed by atoms with Crippen LogP contribution in [0.5, 0.6) is 0 Å². The summed E-state index contributed by atoms with van der Waals surface area (Å²) in [5.74, 6) is 0.0215. The van der Waals surface area contributed by atoms with Crippen LogP contribution in [-0.2, 0) is 17.5 Å². The molecule has 0 bridgehead atoms. The molecule has 0 radical (unpaired) electrons. The number of methoxy groups -OCH3 is 1. The highest BCUT2D eigenvalue weighted by molar-refractivity contribution is 6.04. The molecule has 0 aliphatic rings. The summed E-state index contributed by atoms with van der Waals surface area (Å²) >= 11 is 0. The molecule has 35 heavy (non-hydrogen) atoms. The Bertz CT molecular complexity index is 1370. The van der Waals surface area contributed by atoms with Gasteiger partial charge in [0.2, 0.25) is 5.95 Å². The molecule has 2 heterocycles. The molecule has 1 amide bonds. The molecule has 8 nitrogen and oxygen atoms in total. The van der Waals surface area contributed by atoms with Crippen LogP contribution in [0.3, 0.4) is 0 Å². The smallest absolute Gasteiger partial charge is 0.419 e. The Labute approximate surface area is 199 Å². The predicted molar refractivity (Wildman–Crippen MR) is 127 cm³/mol. The van der Waals surface area contributed by atoms with E-state index in [-0.39, 0.29) is 17.2 Å². The molecule has 4 rings (SSSR count). The van der Waals surface area contributed by atoms with Gasteiger partial charge in [-0.2, -0.15) is 13.2 Å². The summed E-state index contributed by atoms with van der Waals surface area (Å²) < 4.78 is 46.3. The average Bonchev–Trinajstić information content (AvgIpc) is 3.23. The number of carbonyl (C=O) groups is 1. The topological polar surface area (TPSA) is 95.2 Å². The number of alkyl halides is 3. The Balaban J connectivity index is 1.77. The van der Waals surface area contributed by atoms with Crippen molar-refractivity contribution in [1.82, 2.24) is 19.9 Å². The number of H-pyrrole nitrogens is 1. The third kappa shape index (κ3) is 5.35. The second-order valence-electron chi connectivity index (χ2n) is 8.06. The maximum atomic E-state index is 13.9. The van der Waals surface area contributed by atoms with Gasteiger partial charge in [0, 0.05) is 35.6 Å². The van der Waals surface area contributed by atoms with Gasteiger partial charge in [0.15, 0.2) is 0 Å². The number of ether oxygens (including phenoxy) is 1. The largest absolute Gasteiger partial charge is 0.453 e. The first-order valence-corrected chi connectivity index (χ1v) is 10.6. The molecule has 0 saturated heterocycles. The molecular weight excluding hydrogens is 461 g/mol. The molecule has 3 N–H and O–H groups in total. The van der Waals surface area contributed by atoms with E-state index in [4.69, 9.17) is 0 Å². The minimum Gasteiger partial charge on any atom is -0.453 e. The van der Waals surface area contributed by atoms with Crippen LogP contribution in [0.15, 0.2) is 54.9 Å². The molecule has 2 aromatic carbocycles. The van der Waals surface area contributed by atoms with Crippen LogP contribution in [0.2, 0.25) is 0 Å². The minimum absolute atomic E-state index is 0.0215. The van der Waals surface area contributed by atoms with E-state index in [2.05, 4.69) is 30.3 Å². The molecule has 0 fully saturated rings. The lowest BCUT2D eigenvalue weighted by molar-refractivity contribution is -0.137. The number of hydrogen-bond donors (Lipinski definition) is 3. The van der Waals surface area contributed by atoms with E-state index >= 15 is 0 Å². The number of para-hydroxylation sites is 1. The summed E-state index contributed by atoms with van der Waals surface area (Å²) in [6.45, 7) is 0.700. The summed E-state index contributed by atoms with van der Waals surface area (Å²) in [7, 11) is 5.11. The Morgan fingerprint density at radius 1 is 1.17 bits per heavy atom. The first-order valence-electron chi connectivity index (χ1n) is 10.6. The van der Waals surface area contributed by atoms with Gasteiger partial charge >= 0.3 is 12.3 Å². The summed E-state index contributed by atoms with van der Waals surface area (Å²) in [4.78, 5) is 24.8. The molecule has 0 atom stereocenters. The van der Waals surface area contributed by atoms with Crippen LogP contribution < -0.4 is 10.6 Å². The van der Waals surface area contributed by atoms with Gasteiger partial charge < -0.3 is 19.9 Å². The SMILES string of the molecule is COC(=O)Nc1cccc2c(-c3nc(Nc4cccc(CN(C)C)c4)ncc3C(F)(F)F)c[nH]c12. The molecule has 0 aliphatic heterocycles. The van der Waals surface area contributed by atoms with Crippen molar-refractivity contribution in [3.05, 3.63) is 66.0 Å². The molecule has 0 unspecified atom stereocenters. The van der Waals surface area contributed by atoms with Gasteiger partial charge in [-0.1, -0.05) is 24.3 Å². The zero-order valence-electron chi connectivity index (χ0n) is 19.2. The predicted octanol–water partition coefficient (Wildman–Crippen LogP) is 5.63. The van der Waals surface area contributed by atoms with Crippen LogP contribution in [0, 0.1) is 0 Å². The van der Waals surface area contributed by atoms with Gasteiger partial charge in [-0.05, 0) is 37.9 Å². The number of hydrogen-bond acceptors (Lipinski definition) is 6. The number of amides is 1. The molecule has 4 aromatic rings. The molecular formula is C24H23F3N6O2. The molecule has 0 saturated carbocycles. The number of aromatic nitrogens is 3. The summed E-state index contributed by atoms with van der Waals surface area (Å²) in [6.07, 6.45) is -3.18. The molecule has 182 valence electrons. The standard InChI is InChI=1S/C24H23F3N6O2/c1-33(2)13-14-6-4-7-15(10-14)30-22-29-12-18(24(25,26)27)20(32-22)17-11-28-21-16(17)8-5-9-19(21)31-23(34)35-3/h4-12,28H,13H2,1-3H3,(H,31,34)(H,29,30,32). The summed E-state index contributed by atoms with van der Waals surface area (Å²) in [5.41, 5.74) is 1.42. The molecule has 0 aliphatic carbocycles. The van der Waals surface area contributed by atoms with E-state index in [1.807, 2.05) is 37.2 Å². The van der Waals surface area contributed by atoms with Crippen molar-refractivity contribution in [2.45, 2.75) is 12.7 Å². The first kappa shape index (κ1) is 24.0. The number of halogens is 3. The Kier molecular flexibility index (Phi) is 6.61. The minimum atomic E-state index is -4.68. The first-order chi connectivity index (χ1) is 16.7. The number of carbonyl (C=O) groups excluding carboxylic acids is 1. The van der Waals surface area contributed by atoms with Gasteiger partial charge in [0.05, 0.1) is 24.0 Å². The van der Waals surface area contributed by atoms with Gasteiger partial charge in [-0.15, -0.1) is 0 Å². The maximum absolute atomic E-state index is 13.9. The van der Waals surface area contributed by atoms with Crippen LogP contribution >= 0.6 is 0 Å². The lowest BCUT2D eigenvalue weighted by Gasteiger charge is -2.14. The highest BCUT2D eigenvalue weighted by atomic mass is 19.4. The number of nitrogens with one attached hydrogen (secondary N) is 3. The van der Waals surface area contributed by atoms with E-state index in [1.54, 1.807) is 24.3 Å². The third-order valence-electron chi connectivity index (χ3n) is 5.17. The van der Waals surface area contributed by atoms with Gasteiger partial charge in [-0.25, -0.2) is 14.8 Å². The fourth-order valence-electron chi connectivity index (χ4n) is 3.71. The zero-order chi connectivity index (χ0) is 25.2. The van der Waals surface area contributed by atoms with Crippen molar-refractivity contribution in [3.63, 3.8) is 0 Å². The number of aromatic amines is 1. The molecule has 0 spiro atoms. The van der Waals surface area contributed by atoms with Crippen LogP contribution in [-0.4, -0.2) is 47.2 Å². The number of fused-ring (bicyclic) bond motifs is 1. The van der Waals surface area contributed by atoms with E-state index in [9.17, 15) is 18.0 Å². The summed E-state index contributed by atoms with van der Waals surface area (Å²) in [6, 6.07) is 12.3. The van der Waals surface area contributed by atoms with Crippen molar-refractivity contribution in [2.75, 3.05) is 31.8 Å². The third-order valence-corrected chi connectivity index (χ3v) is 5.17. The second kappa shape index (κ2) is 9.63. The Morgan fingerprint density at radius 3 is 2.66 bits per heavy atom. The highest BCUT2D eigenvalue weighted by Crippen LogP contribution is 2.40. The normalized spacial score (nSPS) is 11.6. The number of benzene rings is 2. The highest BCUT2D eigenvalue weighted by Gasteiger charge is 2.36. The fourth-order valence-corrected chi connectivity index (χ4v) is 3.71. The number of rotatable bonds is 6. The molecule has 2 aromatic heterocycles. The van der Waals surface area contributed by atoms with Crippen molar-refractivity contribution in [3.8, 4) is 11.3 Å². The maximum Gasteiger partial charge on any atom is 0.419 e. The number of nitrogens with zero attached hydrogens (tertiary/aromatic N) is 3. The van der Waals surface area contributed by atoms with Crippen LogP contribution in [0.4, 0.5) is 35.3 Å².